The number of rotatable bonds is 6. The molecule has 6 nitrogen and oxygen atoms in total. The Balaban J connectivity index is 2.29. The standard InChI is InChI=1S/C9H15N3O3/c1-6(2)10-5-3-4-7-11-8(9(13)14)12-15-7/h6,10H,3-5H2,1-2H3,(H,13,14). The molecule has 6 heteroatoms. The minimum atomic E-state index is -1.16. The summed E-state index contributed by atoms with van der Waals surface area (Å²) in [7, 11) is 0. The summed E-state index contributed by atoms with van der Waals surface area (Å²) in [5, 5.41) is 15.1. The highest BCUT2D eigenvalue weighted by Crippen LogP contribution is 2.00. The third-order valence-electron chi connectivity index (χ3n) is 1.78. The normalized spacial score (nSPS) is 10.9. The Bertz CT molecular complexity index is 322. The van der Waals surface area contributed by atoms with Gasteiger partial charge in [0.2, 0.25) is 5.89 Å². The predicted octanol–water partition coefficient (Wildman–Crippen LogP) is 0.698. The van der Waals surface area contributed by atoms with E-state index in [0.717, 1.165) is 13.0 Å². The average molecular weight is 213 g/mol. The fourth-order valence-electron chi connectivity index (χ4n) is 1.07. The van der Waals surface area contributed by atoms with Crippen molar-refractivity contribution in [1.82, 2.24) is 15.5 Å². The van der Waals surface area contributed by atoms with Crippen LogP contribution in [0.1, 0.15) is 36.8 Å². The molecule has 0 unspecified atom stereocenters. The highest BCUT2D eigenvalue weighted by atomic mass is 16.5. The number of aromatic nitrogens is 2. The SMILES string of the molecule is CC(C)NCCCc1nc(C(=O)O)no1. The van der Waals surface area contributed by atoms with Crippen LogP contribution < -0.4 is 5.32 Å². The second-order valence-corrected chi connectivity index (χ2v) is 3.53. The fraction of sp³-hybridized carbons (Fsp3) is 0.667. The summed E-state index contributed by atoms with van der Waals surface area (Å²) in [6.07, 6.45) is 1.44. The molecule has 0 aliphatic rings. The summed E-state index contributed by atoms with van der Waals surface area (Å²) in [5.41, 5.74) is 0. The van der Waals surface area contributed by atoms with Gasteiger partial charge in [-0.15, -0.1) is 0 Å². The van der Waals surface area contributed by atoms with Gasteiger partial charge in [0.1, 0.15) is 0 Å². The van der Waals surface area contributed by atoms with Crippen molar-refractivity contribution in [3.63, 3.8) is 0 Å². The van der Waals surface area contributed by atoms with Gasteiger partial charge < -0.3 is 14.9 Å². The average Bonchev–Trinajstić information content (AvgIpc) is 2.60. The molecule has 0 fully saturated rings. The monoisotopic (exact) mass is 213 g/mol. The van der Waals surface area contributed by atoms with E-state index in [4.69, 9.17) is 9.63 Å². The van der Waals surface area contributed by atoms with Gasteiger partial charge in [-0.05, 0) is 18.1 Å². The molecule has 0 amide bonds. The Labute approximate surface area is 87.7 Å². The van der Waals surface area contributed by atoms with Crippen LogP contribution in [0.5, 0.6) is 0 Å². The highest BCUT2D eigenvalue weighted by Gasteiger charge is 2.11. The molecule has 0 saturated heterocycles. The van der Waals surface area contributed by atoms with Crippen molar-refractivity contribution >= 4 is 5.97 Å². The number of hydrogen-bond acceptors (Lipinski definition) is 5. The van der Waals surface area contributed by atoms with Crippen LogP contribution in [0.2, 0.25) is 0 Å². The molecule has 0 saturated carbocycles. The van der Waals surface area contributed by atoms with Gasteiger partial charge in [-0.25, -0.2) is 4.79 Å². The smallest absolute Gasteiger partial charge is 0.377 e. The molecule has 1 heterocycles. The number of nitrogens with one attached hydrogen (secondary N) is 1. The van der Waals surface area contributed by atoms with E-state index in [-0.39, 0.29) is 5.82 Å². The van der Waals surface area contributed by atoms with Gasteiger partial charge in [0.05, 0.1) is 0 Å². The van der Waals surface area contributed by atoms with E-state index in [1.54, 1.807) is 0 Å². The van der Waals surface area contributed by atoms with Crippen molar-refractivity contribution in [2.45, 2.75) is 32.7 Å². The van der Waals surface area contributed by atoms with Crippen molar-refractivity contribution in [3.05, 3.63) is 11.7 Å². The van der Waals surface area contributed by atoms with Gasteiger partial charge in [0.15, 0.2) is 0 Å². The summed E-state index contributed by atoms with van der Waals surface area (Å²) in [6.45, 7) is 4.98. The van der Waals surface area contributed by atoms with E-state index >= 15 is 0 Å². The van der Waals surface area contributed by atoms with E-state index in [1.165, 1.54) is 0 Å². The van der Waals surface area contributed by atoms with Gasteiger partial charge in [-0.2, -0.15) is 4.98 Å². The van der Waals surface area contributed by atoms with E-state index in [0.29, 0.717) is 18.4 Å². The highest BCUT2D eigenvalue weighted by molar-refractivity contribution is 5.82. The molecule has 0 aliphatic heterocycles. The third-order valence-corrected chi connectivity index (χ3v) is 1.78. The molecule has 0 radical (unpaired) electrons. The minimum absolute atomic E-state index is 0.276. The third kappa shape index (κ3) is 4.07. The quantitative estimate of drug-likeness (QED) is 0.676. The molecule has 15 heavy (non-hydrogen) atoms. The number of carboxylic acids is 1. The first-order chi connectivity index (χ1) is 7.09. The first-order valence-electron chi connectivity index (χ1n) is 4.89. The van der Waals surface area contributed by atoms with Crippen molar-refractivity contribution in [2.24, 2.45) is 0 Å². The molecular formula is C9H15N3O3. The van der Waals surface area contributed by atoms with Gasteiger partial charge in [-0.3, -0.25) is 0 Å². The van der Waals surface area contributed by atoms with Crippen LogP contribution in [-0.2, 0) is 6.42 Å². The van der Waals surface area contributed by atoms with Crippen molar-refractivity contribution in [2.75, 3.05) is 6.54 Å². The maximum absolute atomic E-state index is 10.4. The maximum Gasteiger partial charge on any atom is 0.377 e. The number of nitrogens with zero attached hydrogens (tertiary/aromatic N) is 2. The molecule has 1 rings (SSSR count). The zero-order valence-electron chi connectivity index (χ0n) is 8.86. The zero-order valence-corrected chi connectivity index (χ0v) is 8.86. The van der Waals surface area contributed by atoms with Crippen LogP contribution in [0.15, 0.2) is 4.52 Å². The number of carbonyl (C=O) groups is 1. The van der Waals surface area contributed by atoms with Crippen molar-refractivity contribution in [3.8, 4) is 0 Å². The topological polar surface area (TPSA) is 88.2 Å². The molecule has 0 aromatic carbocycles. The first kappa shape index (κ1) is 11.6. The molecule has 84 valence electrons. The van der Waals surface area contributed by atoms with Gasteiger partial charge >= 0.3 is 5.97 Å². The van der Waals surface area contributed by atoms with Crippen LogP contribution in [0, 0.1) is 0 Å². The molecule has 0 atom stereocenters. The molecule has 0 spiro atoms. The van der Waals surface area contributed by atoms with Crippen LogP contribution in [-0.4, -0.2) is 33.8 Å². The fourth-order valence-corrected chi connectivity index (χ4v) is 1.07. The van der Waals surface area contributed by atoms with Crippen LogP contribution in [0.3, 0.4) is 0 Å². The van der Waals surface area contributed by atoms with E-state index in [1.807, 2.05) is 0 Å². The van der Waals surface area contributed by atoms with Crippen LogP contribution in [0.25, 0.3) is 0 Å². The Morgan fingerprint density at radius 1 is 1.60 bits per heavy atom. The summed E-state index contributed by atoms with van der Waals surface area (Å²) in [4.78, 5) is 14.2. The van der Waals surface area contributed by atoms with E-state index in [9.17, 15) is 4.79 Å². The molecule has 0 aliphatic carbocycles. The Morgan fingerprint density at radius 2 is 2.33 bits per heavy atom. The largest absolute Gasteiger partial charge is 0.475 e. The van der Waals surface area contributed by atoms with Gasteiger partial charge in [0, 0.05) is 12.5 Å². The maximum atomic E-state index is 10.4. The molecule has 0 bridgehead atoms. The summed E-state index contributed by atoms with van der Waals surface area (Å²) >= 11 is 0. The summed E-state index contributed by atoms with van der Waals surface area (Å²) in [5.74, 6) is -1.06. The summed E-state index contributed by atoms with van der Waals surface area (Å²) in [6, 6.07) is 0.447. The number of hydrogen-bond donors (Lipinski definition) is 2. The molecule has 1 aromatic heterocycles. The van der Waals surface area contributed by atoms with Crippen molar-refractivity contribution < 1.29 is 14.4 Å². The number of carboxylic acid groups (broad SMARTS) is 1. The van der Waals surface area contributed by atoms with E-state index < -0.39 is 5.97 Å². The molecular weight excluding hydrogens is 198 g/mol. The second-order valence-electron chi connectivity index (χ2n) is 3.53. The first-order valence-corrected chi connectivity index (χ1v) is 4.89. The molecule has 1 aromatic rings. The Kier molecular flexibility index (Phi) is 4.23. The minimum Gasteiger partial charge on any atom is -0.475 e. The van der Waals surface area contributed by atoms with Crippen LogP contribution in [0.4, 0.5) is 0 Å². The lowest BCUT2D eigenvalue weighted by atomic mass is 10.3. The van der Waals surface area contributed by atoms with Gasteiger partial charge in [0.25, 0.3) is 5.82 Å². The zero-order chi connectivity index (χ0) is 11.3. The Hall–Kier alpha value is -1.43. The van der Waals surface area contributed by atoms with E-state index in [2.05, 4.69) is 29.3 Å². The van der Waals surface area contributed by atoms with Crippen molar-refractivity contribution in [1.29, 1.82) is 0 Å². The number of aryl methyl sites for hydroxylation is 1. The number of aromatic carboxylic acids is 1. The second kappa shape index (κ2) is 5.45. The lowest BCUT2D eigenvalue weighted by molar-refractivity contribution is 0.0680. The lowest BCUT2D eigenvalue weighted by Gasteiger charge is -2.05. The summed E-state index contributed by atoms with van der Waals surface area (Å²) < 4.78 is 4.76. The lowest BCUT2D eigenvalue weighted by Crippen LogP contribution is -2.23. The van der Waals surface area contributed by atoms with Gasteiger partial charge in [-0.1, -0.05) is 13.8 Å². The van der Waals surface area contributed by atoms with Crippen LogP contribution >= 0.6 is 0 Å². The Morgan fingerprint density at radius 3 is 2.87 bits per heavy atom. The predicted molar refractivity (Wildman–Crippen MR) is 52.7 cm³/mol. The molecule has 2 N–H and O–H groups in total.